The molecule has 0 saturated carbocycles. The SMILES string of the molecule is CSc1cccc(CBr)c1C(Br)C(C)=O. The van der Waals surface area contributed by atoms with E-state index in [9.17, 15) is 4.79 Å². The second-order valence-electron chi connectivity index (χ2n) is 3.14. The number of hydrogen-bond acceptors (Lipinski definition) is 2. The molecule has 0 spiro atoms. The summed E-state index contributed by atoms with van der Waals surface area (Å²) in [6.07, 6.45) is 2.02. The molecule has 0 saturated heterocycles. The zero-order valence-electron chi connectivity index (χ0n) is 8.59. The van der Waals surface area contributed by atoms with Crippen LogP contribution < -0.4 is 0 Å². The van der Waals surface area contributed by atoms with Gasteiger partial charge in [-0.25, -0.2) is 0 Å². The van der Waals surface area contributed by atoms with Crippen LogP contribution in [0.5, 0.6) is 0 Å². The smallest absolute Gasteiger partial charge is 0.147 e. The van der Waals surface area contributed by atoms with Gasteiger partial charge in [-0.3, -0.25) is 4.79 Å². The molecule has 0 heterocycles. The molecule has 82 valence electrons. The highest BCUT2D eigenvalue weighted by atomic mass is 79.9. The minimum absolute atomic E-state index is 0.138. The Labute approximate surface area is 111 Å². The molecule has 0 N–H and O–H groups in total. The Kier molecular flexibility index (Phi) is 5.36. The van der Waals surface area contributed by atoms with Crippen LogP contribution in [-0.4, -0.2) is 12.0 Å². The Morgan fingerprint density at radius 1 is 1.53 bits per heavy atom. The molecule has 0 bridgehead atoms. The molecule has 1 rings (SSSR count). The summed E-state index contributed by atoms with van der Waals surface area (Å²) in [5.74, 6) is 0.138. The molecular weight excluding hydrogens is 340 g/mol. The topological polar surface area (TPSA) is 17.1 Å². The molecule has 0 aromatic heterocycles. The molecule has 0 fully saturated rings. The maximum atomic E-state index is 11.4. The highest BCUT2D eigenvalue weighted by molar-refractivity contribution is 9.09. The van der Waals surface area contributed by atoms with Crippen LogP contribution in [-0.2, 0) is 10.1 Å². The Bertz CT molecular complexity index is 343. The molecule has 0 aliphatic heterocycles. The zero-order valence-corrected chi connectivity index (χ0v) is 12.6. The van der Waals surface area contributed by atoms with Gasteiger partial charge in [0.05, 0.1) is 4.83 Å². The van der Waals surface area contributed by atoms with Crippen LogP contribution in [0.15, 0.2) is 23.1 Å². The first-order valence-corrected chi connectivity index (χ1v) is 7.74. The van der Waals surface area contributed by atoms with Crippen molar-refractivity contribution in [3.8, 4) is 0 Å². The van der Waals surface area contributed by atoms with E-state index >= 15 is 0 Å². The van der Waals surface area contributed by atoms with Crippen molar-refractivity contribution in [1.29, 1.82) is 0 Å². The third kappa shape index (κ3) is 3.08. The van der Waals surface area contributed by atoms with Gasteiger partial charge in [0.15, 0.2) is 0 Å². The summed E-state index contributed by atoms with van der Waals surface area (Å²) in [6.45, 7) is 1.61. The van der Waals surface area contributed by atoms with Crippen LogP contribution in [0.1, 0.15) is 22.9 Å². The summed E-state index contributed by atoms with van der Waals surface area (Å²) >= 11 is 8.57. The molecule has 15 heavy (non-hydrogen) atoms. The molecule has 1 atom stereocenters. The second-order valence-corrected chi connectivity index (χ2v) is 5.46. The monoisotopic (exact) mass is 350 g/mol. The van der Waals surface area contributed by atoms with Crippen LogP contribution in [0.3, 0.4) is 0 Å². The molecular formula is C11H12Br2OS. The summed E-state index contributed by atoms with van der Waals surface area (Å²) in [4.78, 5) is 12.4. The van der Waals surface area contributed by atoms with E-state index in [0.717, 1.165) is 15.8 Å². The van der Waals surface area contributed by atoms with Crippen molar-refractivity contribution in [2.75, 3.05) is 6.26 Å². The number of Topliss-reactive ketones (excluding diaryl/α,β-unsaturated/α-hetero) is 1. The molecule has 1 aromatic carbocycles. The van der Waals surface area contributed by atoms with Crippen molar-refractivity contribution in [2.24, 2.45) is 0 Å². The summed E-state index contributed by atoms with van der Waals surface area (Å²) in [7, 11) is 0. The minimum atomic E-state index is -0.200. The number of carbonyl (C=O) groups is 1. The van der Waals surface area contributed by atoms with E-state index in [4.69, 9.17) is 0 Å². The van der Waals surface area contributed by atoms with E-state index in [1.165, 1.54) is 5.56 Å². The lowest BCUT2D eigenvalue weighted by molar-refractivity contribution is -0.116. The lowest BCUT2D eigenvalue weighted by Gasteiger charge is -2.15. The standard InChI is InChI=1S/C11H12Br2OS/c1-7(14)11(13)10-8(6-12)4-3-5-9(10)15-2/h3-5,11H,6H2,1-2H3. The number of carbonyl (C=O) groups excluding carboxylic acids is 1. The van der Waals surface area contributed by atoms with Gasteiger partial charge in [0.1, 0.15) is 5.78 Å². The largest absolute Gasteiger partial charge is 0.298 e. The number of thioether (sulfide) groups is 1. The number of alkyl halides is 2. The van der Waals surface area contributed by atoms with Crippen molar-refractivity contribution in [3.63, 3.8) is 0 Å². The molecule has 1 aromatic rings. The summed E-state index contributed by atoms with van der Waals surface area (Å²) in [6, 6.07) is 6.11. The fourth-order valence-corrected chi connectivity index (χ4v) is 3.24. The van der Waals surface area contributed by atoms with Crippen molar-refractivity contribution in [3.05, 3.63) is 29.3 Å². The lowest BCUT2D eigenvalue weighted by atomic mass is 10.0. The van der Waals surface area contributed by atoms with Gasteiger partial charge in [0, 0.05) is 10.2 Å². The van der Waals surface area contributed by atoms with Gasteiger partial charge in [-0.05, 0) is 30.4 Å². The Morgan fingerprint density at radius 2 is 2.20 bits per heavy atom. The Hall–Kier alpha value is 0.200. The van der Waals surface area contributed by atoms with E-state index in [1.807, 2.05) is 24.5 Å². The third-order valence-corrected chi connectivity index (χ3v) is 4.63. The number of benzene rings is 1. The number of rotatable bonds is 4. The lowest BCUT2D eigenvalue weighted by Crippen LogP contribution is -2.05. The van der Waals surface area contributed by atoms with E-state index < -0.39 is 0 Å². The average Bonchev–Trinajstić information content (AvgIpc) is 2.26. The van der Waals surface area contributed by atoms with Crippen LogP contribution in [0.25, 0.3) is 0 Å². The first kappa shape index (κ1) is 13.3. The van der Waals surface area contributed by atoms with Gasteiger partial charge >= 0.3 is 0 Å². The van der Waals surface area contributed by atoms with E-state index in [1.54, 1.807) is 18.7 Å². The predicted molar refractivity (Wildman–Crippen MR) is 73.2 cm³/mol. The normalized spacial score (nSPS) is 12.5. The maximum absolute atomic E-state index is 11.4. The highest BCUT2D eigenvalue weighted by Crippen LogP contribution is 2.35. The quantitative estimate of drug-likeness (QED) is 0.593. The van der Waals surface area contributed by atoms with E-state index in [0.29, 0.717) is 0 Å². The van der Waals surface area contributed by atoms with Crippen LogP contribution in [0, 0.1) is 0 Å². The molecule has 1 nitrogen and oxygen atoms in total. The third-order valence-electron chi connectivity index (χ3n) is 2.13. The second kappa shape index (κ2) is 6.06. The molecule has 1 unspecified atom stereocenters. The molecule has 0 aliphatic carbocycles. The van der Waals surface area contributed by atoms with E-state index in [2.05, 4.69) is 31.9 Å². The van der Waals surface area contributed by atoms with E-state index in [-0.39, 0.29) is 10.6 Å². The maximum Gasteiger partial charge on any atom is 0.147 e. The van der Waals surface area contributed by atoms with Gasteiger partial charge < -0.3 is 0 Å². The summed E-state index contributed by atoms with van der Waals surface area (Å²) < 4.78 is 0. The number of halogens is 2. The van der Waals surface area contributed by atoms with Gasteiger partial charge in [-0.2, -0.15) is 0 Å². The molecule has 0 radical (unpaired) electrons. The van der Waals surface area contributed by atoms with Crippen LogP contribution >= 0.6 is 43.6 Å². The van der Waals surface area contributed by atoms with Crippen molar-refractivity contribution in [2.45, 2.75) is 22.0 Å². The predicted octanol–water partition coefficient (Wildman–Crippen LogP) is 4.33. The first-order valence-electron chi connectivity index (χ1n) is 4.48. The van der Waals surface area contributed by atoms with Gasteiger partial charge in [0.25, 0.3) is 0 Å². The first-order chi connectivity index (χ1) is 7.11. The fourth-order valence-electron chi connectivity index (χ4n) is 1.37. The summed E-state index contributed by atoms with van der Waals surface area (Å²) in [5, 5.41) is 0.770. The minimum Gasteiger partial charge on any atom is -0.298 e. The Balaban J connectivity index is 3.27. The fraction of sp³-hybridized carbons (Fsp3) is 0.364. The molecule has 0 amide bonds. The van der Waals surface area contributed by atoms with Crippen molar-refractivity contribution < 1.29 is 4.79 Å². The Morgan fingerprint density at radius 3 is 2.67 bits per heavy atom. The highest BCUT2D eigenvalue weighted by Gasteiger charge is 2.19. The van der Waals surface area contributed by atoms with Crippen LogP contribution in [0.2, 0.25) is 0 Å². The van der Waals surface area contributed by atoms with Gasteiger partial charge in [-0.15, -0.1) is 11.8 Å². The number of ketones is 1. The van der Waals surface area contributed by atoms with Crippen molar-refractivity contribution in [1.82, 2.24) is 0 Å². The zero-order chi connectivity index (χ0) is 11.4. The average molecular weight is 352 g/mol. The van der Waals surface area contributed by atoms with Crippen molar-refractivity contribution >= 4 is 49.4 Å². The number of hydrogen-bond donors (Lipinski definition) is 0. The van der Waals surface area contributed by atoms with Crippen LogP contribution in [0.4, 0.5) is 0 Å². The van der Waals surface area contributed by atoms with Gasteiger partial charge in [0.2, 0.25) is 0 Å². The summed E-state index contributed by atoms with van der Waals surface area (Å²) in [5.41, 5.74) is 2.26. The van der Waals surface area contributed by atoms with Gasteiger partial charge in [-0.1, -0.05) is 44.0 Å². The molecule has 0 aliphatic rings. The molecule has 4 heteroatoms.